The first kappa shape index (κ1) is 25.1. The molecule has 4 rings (SSSR count). The number of phenolic OH excluding ortho intramolecular Hbond substituents is 1. The van der Waals surface area contributed by atoms with Gasteiger partial charge in [0.1, 0.15) is 17.2 Å². The van der Waals surface area contributed by atoms with Crippen LogP contribution in [0.15, 0.2) is 72.8 Å². The Labute approximate surface area is 213 Å². The van der Waals surface area contributed by atoms with Crippen LogP contribution in [0.25, 0.3) is 10.8 Å². The van der Waals surface area contributed by atoms with Gasteiger partial charge in [0.25, 0.3) is 17.7 Å². The molecule has 9 heteroatoms. The van der Waals surface area contributed by atoms with E-state index >= 15 is 0 Å². The third kappa shape index (κ3) is 5.30. The van der Waals surface area contributed by atoms with Gasteiger partial charge in [0.15, 0.2) is 0 Å². The Balaban J connectivity index is 1.65. The quantitative estimate of drug-likeness (QED) is 0.298. The smallest absolute Gasteiger partial charge is 0.259 e. The number of rotatable bonds is 7. The molecule has 0 aliphatic rings. The maximum Gasteiger partial charge on any atom is 0.259 e. The SMILES string of the molecule is CNC(=O)c1ccc2cc(O)c(C(=O)Nc3cc(OC)c(C(=O)Nc4ccccc4)cc3OC)cc2c1. The molecule has 0 aliphatic heterocycles. The number of carbonyl (C=O) groups is 3. The van der Waals surface area contributed by atoms with Gasteiger partial charge in [-0.05, 0) is 53.2 Å². The number of phenols is 1. The Kier molecular flexibility index (Phi) is 7.24. The van der Waals surface area contributed by atoms with E-state index in [9.17, 15) is 19.5 Å². The lowest BCUT2D eigenvalue weighted by Gasteiger charge is -2.16. The van der Waals surface area contributed by atoms with Crippen molar-refractivity contribution in [2.24, 2.45) is 0 Å². The zero-order chi connectivity index (χ0) is 26.5. The van der Waals surface area contributed by atoms with E-state index in [1.54, 1.807) is 42.5 Å². The third-order valence-electron chi connectivity index (χ3n) is 5.73. The van der Waals surface area contributed by atoms with Gasteiger partial charge in [0.2, 0.25) is 0 Å². The normalized spacial score (nSPS) is 10.5. The Morgan fingerprint density at radius 2 is 1.41 bits per heavy atom. The molecule has 37 heavy (non-hydrogen) atoms. The molecule has 0 fully saturated rings. The van der Waals surface area contributed by atoms with Crippen LogP contribution < -0.4 is 25.4 Å². The highest BCUT2D eigenvalue weighted by atomic mass is 16.5. The first-order chi connectivity index (χ1) is 17.8. The molecule has 0 bridgehead atoms. The van der Waals surface area contributed by atoms with Crippen LogP contribution in [0.1, 0.15) is 31.1 Å². The van der Waals surface area contributed by atoms with Crippen LogP contribution in [-0.4, -0.2) is 44.1 Å². The molecule has 4 aromatic rings. The van der Waals surface area contributed by atoms with Crippen molar-refractivity contribution in [1.82, 2.24) is 5.32 Å². The molecule has 188 valence electrons. The number of aromatic hydroxyl groups is 1. The van der Waals surface area contributed by atoms with Crippen LogP contribution in [0.4, 0.5) is 11.4 Å². The van der Waals surface area contributed by atoms with Crippen molar-refractivity contribution in [2.45, 2.75) is 0 Å². The fraction of sp³-hybridized carbons (Fsp3) is 0.107. The average molecular weight is 500 g/mol. The lowest BCUT2D eigenvalue weighted by molar-refractivity contribution is 0.0961. The molecule has 4 N–H and O–H groups in total. The topological polar surface area (TPSA) is 126 Å². The van der Waals surface area contributed by atoms with Crippen molar-refractivity contribution in [2.75, 3.05) is 31.9 Å². The predicted molar refractivity (Wildman–Crippen MR) is 141 cm³/mol. The summed E-state index contributed by atoms with van der Waals surface area (Å²) in [5.74, 6) is -1.11. The molecule has 0 heterocycles. The highest BCUT2D eigenvalue weighted by Crippen LogP contribution is 2.35. The summed E-state index contributed by atoms with van der Waals surface area (Å²) in [7, 11) is 4.34. The highest BCUT2D eigenvalue weighted by Gasteiger charge is 2.21. The second-order valence-corrected chi connectivity index (χ2v) is 8.04. The van der Waals surface area contributed by atoms with Gasteiger partial charge in [-0.3, -0.25) is 14.4 Å². The molecular weight excluding hydrogens is 474 g/mol. The minimum atomic E-state index is -0.619. The number of methoxy groups -OCH3 is 2. The minimum Gasteiger partial charge on any atom is -0.507 e. The number of amides is 3. The number of para-hydroxylation sites is 1. The monoisotopic (exact) mass is 499 g/mol. The van der Waals surface area contributed by atoms with Gasteiger partial charge in [-0.1, -0.05) is 24.3 Å². The Bertz CT molecular complexity index is 1500. The summed E-state index contributed by atoms with van der Waals surface area (Å²) in [4.78, 5) is 38.0. The van der Waals surface area contributed by atoms with Crippen molar-refractivity contribution in [3.8, 4) is 17.2 Å². The van der Waals surface area contributed by atoms with E-state index in [-0.39, 0.29) is 40.0 Å². The fourth-order valence-electron chi connectivity index (χ4n) is 3.84. The minimum absolute atomic E-state index is 0.00604. The highest BCUT2D eigenvalue weighted by molar-refractivity contribution is 6.11. The van der Waals surface area contributed by atoms with Crippen molar-refractivity contribution in [3.63, 3.8) is 0 Å². The second-order valence-electron chi connectivity index (χ2n) is 8.04. The number of fused-ring (bicyclic) bond motifs is 1. The zero-order valence-electron chi connectivity index (χ0n) is 20.4. The Morgan fingerprint density at radius 1 is 0.703 bits per heavy atom. The van der Waals surface area contributed by atoms with Gasteiger partial charge in [-0.25, -0.2) is 0 Å². The molecule has 0 atom stereocenters. The molecular formula is C28H25N3O6. The molecule has 0 saturated carbocycles. The van der Waals surface area contributed by atoms with Gasteiger partial charge in [-0.2, -0.15) is 0 Å². The lowest BCUT2D eigenvalue weighted by atomic mass is 10.0. The van der Waals surface area contributed by atoms with Gasteiger partial charge >= 0.3 is 0 Å². The van der Waals surface area contributed by atoms with Crippen molar-refractivity contribution >= 4 is 39.9 Å². The predicted octanol–water partition coefficient (Wildman–Crippen LogP) is 4.43. The molecule has 0 aliphatic carbocycles. The number of nitrogens with one attached hydrogen (secondary N) is 3. The van der Waals surface area contributed by atoms with Crippen LogP contribution in [0.3, 0.4) is 0 Å². The van der Waals surface area contributed by atoms with Crippen molar-refractivity contribution in [3.05, 3.63) is 89.5 Å². The van der Waals surface area contributed by atoms with E-state index in [4.69, 9.17) is 9.47 Å². The van der Waals surface area contributed by atoms with E-state index < -0.39 is 11.8 Å². The molecule has 9 nitrogen and oxygen atoms in total. The summed E-state index contributed by atoms with van der Waals surface area (Å²) in [6.45, 7) is 0. The number of anilines is 2. The first-order valence-corrected chi connectivity index (χ1v) is 11.3. The van der Waals surface area contributed by atoms with Crippen LogP contribution >= 0.6 is 0 Å². The van der Waals surface area contributed by atoms with E-state index in [1.807, 2.05) is 6.07 Å². The van der Waals surface area contributed by atoms with Crippen LogP contribution in [0, 0.1) is 0 Å². The first-order valence-electron chi connectivity index (χ1n) is 11.3. The second kappa shape index (κ2) is 10.7. The van der Waals surface area contributed by atoms with E-state index in [1.165, 1.54) is 45.5 Å². The fourth-order valence-corrected chi connectivity index (χ4v) is 3.84. The Hall–Kier alpha value is -5.05. The third-order valence-corrected chi connectivity index (χ3v) is 5.73. The van der Waals surface area contributed by atoms with Gasteiger partial charge < -0.3 is 30.5 Å². The van der Waals surface area contributed by atoms with Crippen LogP contribution in [-0.2, 0) is 0 Å². The van der Waals surface area contributed by atoms with E-state index in [0.717, 1.165) is 0 Å². The molecule has 0 saturated heterocycles. The van der Waals surface area contributed by atoms with Crippen molar-refractivity contribution < 1.29 is 29.0 Å². The maximum absolute atomic E-state index is 13.2. The summed E-state index contributed by atoms with van der Waals surface area (Å²) < 4.78 is 10.8. The van der Waals surface area contributed by atoms with Gasteiger partial charge in [0.05, 0.1) is 31.0 Å². The summed E-state index contributed by atoms with van der Waals surface area (Å²) in [6.07, 6.45) is 0. The molecule has 0 unspecified atom stereocenters. The van der Waals surface area contributed by atoms with Crippen molar-refractivity contribution in [1.29, 1.82) is 0 Å². The molecule has 4 aromatic carbocycles. The Morgan fingerprint density at radius 3 is 2.08 bits per heavy atom. The summed E-state index contributed by atoms with van der Waals surface area (Å²) in [6, 6.07) is 19.8. The number of carbonyl (C=O) groups excluding carboxylic acids is 3. The van der Waals surface area contributed by atoms with Crippen LogP contribution in [0.5, 0.6) is 17.2 Å². The maximum atomic E-state index is 13.2. The number of hydrogen-bond donors (Lipinski definition) is 4. The van der Waals surface area contributed by atoms with Gasteiger partial charge in [0, 0.05) is 24.4 Å². The molecule has 0 radical (unpaired) electrons. The lowest BCUT2D eigenvalue weighted by Crippen LogP contribution is -2.17. The standard InChI is InChI=1S/C28H25N3O6/c1-29-26(33)17-10-9-16-13-23(32)20(12-18(16)11-17)27(34)31-22-15-24(36-2)21(14-25(22)37-3)28(35)30-19-7-5-4-6-8-19/h4-15,32H,1-3H3,(H,29,33)(H,30,35)(H,31,34). The number of benzene rings is 4. The molecule has 0 spiro atoms. The summed E-state index contributed by atoms with van der Waals surface area (Å²) in [5.41, 5.74) is 1.46. The molecule has 3 amide bonds. The number of hydrogen-bond acceptors (Lipinski definition) is 6. The zero-order valence-corrected chi connectivity index (χ0v) is 20.4. The largest absolute Gasteiger partial charge is 0.507 e. The summed E-state index contributed by atoms with van der Waals surface area (Å²) in [5, 5.41) is 19.8. The van der Waals surface area contributed by atoms with E-state index in [2.05, 4.69) is 16.0 Å². The average Bonchev–Trinajstić information content (AvgIpc) is 2.92. The van der Waals surface area contributed by atoms with Crippen LogP contribution in [0.2, 0.25) is 0 Å². The summed E-state index contributed by atoms with van der Waals surface area (Å²) >= 11 is 0. The van der Waals surface area contributed by atoms with Gasteiger partial charge in [-0.15, -0.1) is 0 Å². The number of ether oxygens (including phenoxy) is 2. The van der Waals surface area contributed by atoms with E-state index in [0.29, 0.717) is 22.0 Å². The molecule has 0 aromatic heterocycles.